The number of nitrogens with one attached hydrogen (secondary N) is 3. The Labute approximate surface area is 131 Å². The molecular weight excluding hydrogens is 280 g/mol. The summed E-state index contributed by atoms with van der Waals surface area (Å²) in [6.45, 7) is 10.2. The summed E-state index contributed by atoms with van der Waals surface area (Å²) < 4.78 is 0. The smallest absolute Gasteiger partial charge is 0.315 e. The number of pyridine rings is 1. The molecule has 1 aromatic heterocycles. The topological polar surface area (TPSA) is 77.2 Å². The number of carbonyl (C=O) groups is 1. The van der Waals surface area contributed by atoms with Crippen LogP contribution in [0, 0.1) is 13.8 Å². The van der Waals surface area contributed by atoms with Crippen LogP contribution >= 0.6 is 0 Å². The van der Waals surface area contributed by atoms with Crippen LogP contribution in [0.4, 0.5) is 4.79 Å². The normalized spacial score (nSPS) is 18.7. The average Bonchev–Trinajstić information content (AvgIpc) is 2.86. The highest BCUT2D eigenvalue weighted by Gasteiger charge is 2.25. The lowest BCUT2D eigenvalue weighted by molar-refractivity contribution is 0.233. The van der Waals surface area contributed by atoms with Crippen molar-refractivity contribution < 1.29 is 4.79 Å². The SMILES string of the molecule is Cc1cc(C)c(CNC(=O)N[C@H]2CCN(C(C)C)C2)c(=O)[nH]1. The van der Waals surface area contributed by atoms with Crippen LogP contribution < -0.4 is 16.2 Å². The van der Waals surface area contributed by atoms with Crippen LogP contribution in [0.5, 0.6) is 0 Å². The second-order valence-corrected chi connectivity index (χ2v) is 6.34. The van der Waals surface area contributed by atoms with Crippen molar-refractivity contribution in [1.82, 2.24) is 20.5 Å². The summed E-state index contributed by atoms with van der Waals surface area (Å²) >= 11 is 0. The van der Waals surface area contributed by atoms with Crippen molar-refractivity contribution in [2.45, 2.75) is 52.7 Å². The Morgan fingerprint density at radius 2 is 2.18 bits per heavy atom. The fraction of sp³-hybridized carbons (Fsp3) is 0.625. The van der Waals surface area contributed by atoms with Crippen LogP contribution in [0.1, 0.15) is 37.1 Å². The third kappa shape index (κ3) is 4.10. The molecule has 1 fully saturated rings. The van der Waals surface area contributed by atoms with E-state index < -0.39 is 0 Å². The van der Waals surface area contributed by atoms with Crippen molar-refractivity contribution in [3.05, 3.63) is 33.2 Å². The molecule has 0 bridgehead atoms. The number of amides is 2. The van der Waals surface area contributed by atoms with Gasteiger partial charge in [-0.25, -0.2) is 4.79 Å². The first-order valence-corrected chi connectivity index (χ1v) is 7.84. The summed E-state index contributed by atoms with van der Waals surface area (Å²) in [5.41, 5.74) is 2.20. The van der Waals surface area contributed by atoms with Gasteiger partial charge in [0.25, 0.3) is 5.56 Å². The molecule has 2 amide bonds. The van der Waals surface area contributed by atoms with E-state index in [1.54, 1.807) is 0 Å². The number of hydrogen-bond acceptors (Lipinski definition) is 3. The molecule has 6 nitrogen and oxygen atoms in total. The number of aryl methyl sites for hydroxylation is 2. The molecule has 22 heavy (non-hydrogen) atoms. The number of urea groups is 1. The molecule has 1 saturated heterocycles. The molecule has 3 N–H and O–H groups in total. The molecule has 2 heterocycles. The second kappa shape index (κ2) is 6.96. The van der Waals surface area contributed by atoms with Crippen LogP contribution in [0.3, 0.4) is 0 Å². The maximum absolute atomic E-state index is 12.0. The van der Waals surface area contributed by atoms with Gasteiger partial charge in [0.2, 0.25) is 0 Å². The molecular formula is C16H26N4O2. The van der Waals surface area contributed by atoms with Crippen molar-refractivity contribution in [1.29, 1.82) is 0 Å². The Balaban J connectivity index is 1.85. The Morgan fingerprint density at radius 3 is 2.77 bits per heavy atom. The van der Waals surface area contributed by atoms with Gasteiger partial charge in [-0.05, 0) is 45.7 Å². The van der Waals surface area contributed by atoms with E-state index in [-0.39, 0.29) is 24.2 Å². The summed E-state index contributed by atoms with van der Waals surface area (Å²) in [5.74, 6) is 0. The van der Waals surface area contributed by atoms with Crippen LogP contribution in [0.15, 0.2) is 10.9 Å². The van der Waals surface area contributed by atoms with E-state index in [2.05, 4.69) is 34.4 Å². The number of carbonyl (C=O) groups excluding carboxylic acids is 1. The lowest BCUT2D eigenvalue weighted by Crippen LogP contribution is -2.44. The minimum atomic E-state index is -0.213. The van der Waals surface area contributed by atoms with Crippen molar-refractivity contribution in [3.63, 3.8) is 0 Å². The zero-order chi connectivity index (χ0) is 16.3. The lowest BCUT2D eigenvalue weighted by Gasteiger charge is -2.20. The minimum Gasteiger partial charge on any atom is -0.334 e. The van der Waals surface area contributed by atoms with Crippen LogP contribution in [-0.4, -0.2) is 41.1 Å². The zero-order valence-electron chi connectivity index (χ0n) is 13.8. The van der Waals surface area contributed by atoms with Gasteiger partial charge in [-0.1, -0.05) is 0 Å². The van der Waals surface area contributed by atoms with Gasteiger partial charge in [-0.2, -0.15) is 0 Å². The van der Waals surface area contributed by atoms with E-state index in [1.807, 2.05) is 19.9 Å². The molecule has 0 aromatic carbocycles. The predicted molar refractivity (Wildman–Crippen MR) is 87.0 cm³/mol. The molecule has 0 unspecified atom stereocenters. The monoisotopic (exact) mass is 306 g/mol. The number of H-pyrrole nitrogens is 1. The van der Waals surface area contributed by atoms with Crippen molar-refractivity contribution in [2.24, 2.45) is 0 Å². The summed E-state index contributed by atoms with van der Waals surface area (Å²) in [6, 6.07) is 2.38. The first kappa shape index (κ1) is 16.5. The molecule has 1 aliphatic rings. The first-order chi connectivity index (χ1) is 10.4. The molecule has 1 atom stereocenters. The highest BCUT2D eigenvalue weighted by atomic mass is 16.2. The van der Waals surface area contributed by atoms with Gasteiger partial charge in [0, 0.05) is 36.4 Å². The standard InChI is InChI=1S/C16H26N4O2/c1-10(2)20-6-5-13(9-20)19-16(22)17-8-14-11(3)7-12(4)18-15(14)21/h7,10,13H,5-6,8-9H2,1-4H3,(H,18,21)(H2,17,19,22)/t13-/m0/s1. The van der Waals surface area contributed by atoms with Gasteiger partial charge in [0.05, 0.1) is 6.54 Å². The minimum absolute atomic E-state index is 0.135. The third-order valence-corrected chi connectivity index (χ3v) is 4.20. The number of aromatic nitrogens is 1. The number of nitrogens with zero attached hydrogens (tertiary/aromatic N) is 1. The number of aromatic amines is 1. The van der Waals surface area contributed by atoms with E-state index in [0.717, 1.165) is 30.8 Å². The summed E-state index contributed by atoms with van der Waals surface area (Å²) in [4.78, 5) is 29.0. The highest BCUT2D eigenvalue weighted by molar-refractivity contribution is 5.74. The maximum atomic E-state index is 12.0. The van der Waals surface area contributed by atoms with Crippen LogP contribution in [-0.2, 0) is 6.54 Å². The molecule has 0 aliphatic carbocycles. The van der Waals surface area contributed by atoms with Gasteiger partial charge in [0.15, 0.2) is 0 Å². The van der Waals surface area contributed by atoms with E-state index in [4.69, 9.17) is 0 Å². The second-order valence-electron chi connectivity index (χ2n) is 6.34. The molecule has 1 aliphatic heterocycles. The quantitative estimate of drug-likeness (QED) is 0.784. The van der Waals surface area contributed by atoms with E-state index >= 15 is 0 Å². The molecule has 0 saturated carbocycles. The number of hydrogen-bond donors (Lipinski definition) is 3. The fourth-order valence-corrected chi connectivity index (χ4v) is 2.88. The molecule has 6 heteroatoms. The Hall–Kier alpha value is -1.82. The zero-order valence-corrected chi connectivity index (χ0v) is 13.8. The predicted octanol–water partition coefficient (Wildman–Crippen LogP) is 1.27. The molecule has 1 aromatic rings. The Bertz CT molecular complexity index is 594. The van der Waals surface area contributed by atoms with Crippen LogP contribution in [0.2, 0.25) is 0 Å². The van der Waals surface area contributed by atoms with Gasteiger partial charge in [-0.15, -0.1) is 0 Å². The van der Waals surface area contributed by atoms with Gasteiger partial charge in [0.1, 0.15) is 0 Å². The van der Waals surface area contributed by atoms with E-state index in [9.17, 15) is 9.59 Å². The molecule has 2 rings (SSSR count). The fourth-order valence-electron chi connectivity index (χ4n) is 2.88. The third-order valence-electron chi connectivity index (χ3n) is 4.20. The summed E-state index contributed by atoms with van der Waals surface area (Å²) in [5, 5.41) is 5.76. The van der Waals surface area contributed by atoms with Crippen molar-refractivity contribution >= 4 is 6.03 Å². The lowest BCUT2D eigenvalue weighted by atomic mass is 10.1. The number of likely N-dealkylation sites (tertiary alicyclic amines) is 1. The van der Waals surface area contributed by atoms with Gasteiger partial charge >= 0.3 is 6.03 Å². The summed E-state index contributed by atoms with van der Waals surface area (Å²) in [6.07, 6.45) is 0.968. The van der Waals surface area contributed by atoms with Crippen molar-refractivity contribution in [3.8, 4) is 0 Å². The van der Waals surface area contributed by atoms with E-state index in [1.165, 1.54) is 0 Å². The first-order valence-electron chi connectivity index (χ1n) is 7.84. The Morgan fingerprint density at radius 1 is 1.45 bits per heavy atom. The average molecular weight is 306 g/mol. The van der Waals surface area contributed by atoms with Crippen molar-refractivity contribution in [2.75, 3.05) is 13.1 Å². The highest BCUT2D eigenvalue weighted by Crippen LogP contribution is 2.12. The van der Waals surface area contributed by atoms with Gasteiger partial charge < -0.3 is 15.6 Å². The molecule has 0 spiro atoms. The van der Waals surface area contributed by atoms with Crippen LogP contribution in [0.25, 0.3) is 0 Å². The Kier molecular flexibility index (Phi) is 5.24. The van der Waals surface area contributed by atoms with E-state index in [0.29, 0.717) is 11.6 Å². The molecule has 0 radical (unpaired) electrons. The number of rotatable bonds is 4. The maximum Gasteiger partial charge on any atom is 0.315 e. The summed E-state index contributed by atoms with van der Waals surface area (Å²) in [7, 11) is 0. The largest absolute Gasteiger partial charge is 0.334 e. The molecule has 122 valence electrons. The van der Waals surface area contributed by atoms with Gasteiger partial charge in [-0.3, -0.25) is 9.69 Å².